The average Bonchev–Trinajstić information content (AvgIpc) is 2.93. The average molecular weight is 486 g/mol. The lowest BCUT2D eigenvalue weighted by Crippen LogP contribution is -2.10. The first-order valence-corrected chi connectivity index (χ1v) is 11.9. The monoisotopic (exact) mass is 485 g/mol. The Morgan fingerprint density at radius 3 is 1.65 bits per heavy atom. The molecule has 0 saturated heterocycles. The van der Waals surface area contributed by atoms with Gasteiger partial charge < -0.3 is 4.90 Å². The topological polar surface area (TPSA) is 29.0 Å². The number of hydrogen-bond donors (Lipinski definition) is 0. The third kappa shape index (κ3) is 4.55. The molecule has 0 amide bonds. The van der Waals surface area contributed by atoms with Crippen LogP contribution in [0.5, 0.6) is 0 Å². The zero-order valence-corrected chi connectivity index (χ0v) is 19.7. The van der Waals surface area contributed by atoms with E-state index in [9.17, 15) is 8.78 Å². The maximum atomic E-state index is 14.3. The fraction of sp³-hybridized carbons (Fsp3) is 0. The Bertz CT molecular complexity index is 1660. The van der Waals surface area contributed by atoms with Crippen LogP contribution in [0.25, 0.3) is 33.5 Å². The van der Waals surface area contributed by atoms with Crippen molar-refractivity contribution in [2.75, 3.05) is 4.90 Å². The first-order chi connectivity index (χ1) is 18.2. The minimum Gasteiger partial charge on any atom is -0.310 e. The minimum atomic E-state index is -0.375. The highest BCUT2D eigenvalue weighted by atomic mass is 19.1. The van der Waals surface area contributed by atoms with E-state index in [0.717, 1.165) is 33.4 Å². The number of nitrogens with zero attached hydrogens (tertiary/aromatic N) is 3. The Morgan fingerprint density at radius 1 is 0.486 bits per heavy atom. The van der Waals surface area contributed by atoms with Crippen molar-refractivity contribution in [1.29, 1.82) is 0 Å². The van der Waals surface area contributed by atoms with E-state index >= 15 is 0 Å². The molecule has 178 valence electrons. The van der Waals surface area contributed by atoms with Crippen LogP contribution in [0.4, 0.5) is 25.8 Å². The van der Waals surface area contributed by atoms with E-state index in [-0.39, 0.29) is 11.6 Å². The maximum Gasteiger partial charge on any atom is 0.160 e. The molecular weight excluding hydrogens is 464 g/mol. The molecule has 5 aromatic carbocycles. The summed E-state index contributed by atoms with van der Waals surface area (Å²) < 4.78 is 28.5. The predicted molar refractivity (Wildman–Crippen MR) is 145 cm³/mol. The standard InChI is InChI=1S/C32H21F2N3/c33-24-13-7-15-26(19-24)37(27-16-8-14-25(34)20-27)28-17-18-29-30(21-28)35-32(23-11-5-2-6-12-23)36-31(29)22-9-3-1-4-10-22/h1-21H. The van der Waals surface area contributed by atoms with Crippen molar-refractivity contribution < 1.29 is 8.78 Å². The van der Waals surface area contributed by atoms with Gasteiger partial charge in [0.25, 0.3) is 0 Å². The molecule has 6 rings (SSSR count). The minimum absolute atomic E-state index is 0.375. The molecule has 0 saturated carbocycles. The number of aromatic nitrogens is 2. The van der Waals surface area contributed by atoms with E-state index in [2.05, 4.69) is 0 Å². The van der Waals surface area contributed by atoms with Gasteiger partial charge in [-0.15, -0.1) is 0 Å². The van der Waals surface area contributed by atoms with Crippen LogP contribution >= 0.6 is 0 Å². The van der Waals surface area contributed by atoms with Crippen molar-refractivity contribution in [3.05, 3.63) is 139 Å². The fourth-order valence-corrected chi connectivity index (χ4v) is 4.47. The van der Waals surface area contributed by atoms with E-state index < -0.39 is 0 Å². The van der Waals surface area contributed by atoms with Gasteiger partial charge in [0.1, 0.15) is 11.6 Å². The molecule has 0 unspecified atom stereocenters. The molecule has 1 aromatic heterocycles. The molecule has 0 aliphatic rings. The zero-order chi connectivity index (χ0) is 25.2. The van der Waals surface area contributed by atoms with Crippen LogP contribution in [0, 0.1) is 11.6 Å². The highest BCUT2D eigenvalue weighted by Crippen LogP contribution is 2.38. The van der Waals surface area contributed by atoms with E-state index in [1.807, 2.05) is 83.8 Å². The van der Waals surface area contributed by atoms with Gasteiger partial charge in [-0.3, -0.25) is 0 Å². The van der Waals surface area contributed by atoms with E-state index in [4.69, 9.17) is 9.97 Å². The highest BCUT2D eigenvalue weighted by molar-refractivity contribution is 5.96. The van der Waals surface area contributed by atoms with E-state index in [1.165, 1.54) is 24.3 Å². The number of benzene rings is 5. The van der Waals surface area contributed by atoms with Crippen LogP contribution in [-0.2, 0) is 0 Å². The van der Waals surface area contributed by atoms with Gasteiger partial charge in [-0.1, -0.05) is 72.8 Å². The van der Waals surface area contributed by atoms with Crippen LogP contribution < -0.4 is 4.90 Å². The quantitative estimate of drug-likeness (QED) is 0.244. The van der Waals surface area contributed by atoms with Gasteiger partial charge in [0, 0.05) is 33.6 Å². The lowest BCUT2D eigenvalue weighted by molar-refractivity contribution is 0.627. The fourth-order valence-electron chi connectivity index (χ4n) is 4.47. The second-order valence-corrected chi connectivity index (χ2v) is 8.62. The Balaban J connectivity index is 1.59. The number of anilines is 3. The third-order valence-electron chi connectivity index (χ3n) is 6.15. The molecule has 0 aliphatic heterocycles. The van der Waals surface area contributed by atoms with Crippen LogP contribution in [0.15, 0.2) is 127 Å². The van der Waals surface area contributed by atoms with Crippen LogP contribution in [0.1, 0.15) is 0 Å². The Labute approximate surface area is 213 Å². The lowest BCUT2D eigenvalue weighted by atomic mass is 10.0. The molecule has 0 atom stereocenters. The molecule has 0 fully saturated rings. The lowest BCUT2D eigenvalue weighted by Gasteiger charge is -2.26. The third-order valence-corrected chi connectivity index (χ3v) is 6.15. The van der Waals surface area contributed by atoms with Gasteiger partial charge in [-0.2, -0.15) is 0 Å². The van der Waals surface area contributed by atoms with Crippen molar-refractivity contribution in [2.45, 2.75) is 0 Å². The Hall–Kier alpha value is -4.90. The van der Waals surface area contributed by atoms with Crippen molar-refractivity contribution in [2.24, 2.45) is 0 Å². The summed E-state index contributed by atoms with van der Waals surface area (Å²) in [5.41, 5.74) is 5.30. The van der Waals surface area contributed by atoms with Gasteiger partial charge in [0.15, 0.2) is 5.82 Å². The second-order valence-electron chi connectivity index (χ2n) is 8.62. The molecule has 3 nitrogen and oxygen atoms in total. The Kier molecular flexibility index (Phi) is 5.87. The van der Waals surface area contributed by atoms with E-state index in [0.29, 0.717) is 17.2 Å². The summed E-state index contributed by atoms with van der Waals surface area (Å²) in [6.07, 6.45) is 0. The maximum absolute atomic E-state index is 14.3. The summed E-state index contributed by atoms with van der Waals surface area (Å²) in [5, 5.41) is 0.882. The van der Waals surface area contributed by atoms with Gasteiger partial charge in [-0.05, 0) is 54.6 Å². The molecule has 0 aliphatic carbocycles. The smallest absolute Gasteiger partial charge is 0.160 e. The molecule has 0 radical (unpaired) electrons. The molecule has 0 spiro atoms. The predicted octanol–water partition coefficient (Wildman–Crippen LogP) is 8.71. The molecule has 5 heteroatoms. The van der Waals surface area contributed by atoms with Crippen molar-refractivity contribution >= 4 is 28.0 Å². The molecule has 1 heterocycles. The number of rotatable bonds is 5. The van der Waals surface area contributed by atoms with Crippen LogP contribution in [0.3, 0.4) is 0 Å². The summed E-state index contributed by atoms with van der Waals surface area (Å²) in [7, 11) is 0. The first kappa shape index (κ1) is 22.6. The summed E-state index contributed by atoms with van der Waals surface area (Å²) in [4.78, 5) is 11.7. The SMILES string of the molecule is Fc1cccc(N(c2cccc(F)c2)c2ccc3c(-c4ccccc4)nc(-c4ccccc4)nc3c2)c1. The molecular formula is C32H21F2N3. The zero-order valence-electron chi connectivity index (χ0n) is 19.7. The number of fused-ring (bicyclic) bond motifs is 1. The molecule has 6 aromatic rings. The summed E-state index contributed by atoms with van der Waals surface area (Å²) in [5.74, 6) is -0.147. The van der Waals surface area contributed by atoms with E-state index in [1.54, 1.807) is 24.3 Å². The first-order valence-electron chi connectivity index (χ1n) is 11.9. The summed E-state index contributed by atoms with van der Waals surface area (Å²) >= 11 is 0. The number of halogens is 2. The molecule has 0 N–H and O–H groups in total. The highest BCUT2D eigenvalue weighted by Gasteiger charge is 2.17. The largest absolute Gasteiger partial charge is 0.310 e. The van der Waals surface area contributed by atoms with Gasteiger partial charge in [0.2, 0.25) is 0 Å². The van der Waals surface area contributed by atoms with Gasteiger partial charge in [-0.25, -0.2) is 18.7 Å². The van der Waals surface area contributed by atoms with Crippen LogP contribution in [-0.4, -0.2) is 9.97 Å². The summed E-state index contributed by atoms with van der Waals surface area (Å²) in [6.45, 7) is 0. The second kappa shape index (κ2) is 9.63. The van der Waals surface area contributed by atoms with Crippen molar-refractivity contribution in [3.8, 4) is 22.6 Å². The van der Waals surface area contributed by atoms with Gasteiger partial charge in [0.05, 0.1) is 11.2 Å². The van der Waals surface area contributed by atoms with Crippen molar-refractivity contribution in [3.63, 3.8) is 0 Å². The molecule has 37 heavy (non-hydrogen) atoms. The normalized spacial score (nSPS) is 11.0. The van der Waals surface area contributed by atoms with Crippen LogP contribution in [0.2, 0.25) is 0 Å². The van der Waals surface area contributed by atoms with Gasteiger partial charge >= 0.3 is 0 Å². The molecule has 0 bridgehead atoms. The Morgan fingerprint density at radius 2 is 1.05 bits per heavy atom. The van der Waals surface area contributed by atoms with Crippen molar-refractivity contribution in [1.82, 2.24) is 9.97 Å². The number of hydrogen-bond acceptors (Lipinski definition) is 3. The summed E-state index contributed by atoms with van der Waals surface area (Å²) in [6, 6.07) is 38.1.